The van der Waals surface area contributed by atoms with Gasteiger partial charge in [0.15, 0.2) is 0 Å². The molecule has 3 rings (SSSR count). The lowest BCUT2D eigenvalue weighted by Crippen LogP contribution is -2.36. The minimum absolute atomic E-state index is 0.271. The Labute approximate surface area is 151 Å². The van der Waals surface area contributed by atoms with Crippen molar-refractivity contribution in [3.63, 3.8) is 0 Å². The number of nitrogens with zero attached hydrogens (tertiary/aromatic N) is 2. The van der Waals surface area contributed by atoms with Crippen LogP contribution in [0.5, 0.6) is 0 Å². The molecule has 0 aromatic heterocycles. The summed E-state index contributed by atoms with van der Waals surface area (Å²) in [5.41, 5.74) is 3.83. The maximum atomic E-state index is 4.83. The summed E-state index contributed by atoms with van der Waals surface area (Å²) < 4.78 is 0. The predicted octanol–water partition coefficient (Wildman–Crippen LogP) is 5.20. The first-order valence-electron chi connectivity index (χ1n) is 9.12. The maximum Gasteiger partial charge on any atom is 0.111 e. The van der Waals surface area contributed by atoms with Crippen LogP contribution < -0.4 is 0 Å². The van der Waals surface area contributed by atoms with E-state index in [1.807, 2.05) is 6.20 Å². The van der Waals surface area contributed by atoms with Gasteiger partial charge in [0.1, 0.15) is 5.84 Å². The molecule has 1 aliphatic heterocycles. The smallest absolute Gasteiger partial charge is 0.111 e. The van der Waals surface area contributed by atoms with Gasteiger partial charge in [-0.1, -0.05) is 66.7 Å². The van der Waals surface area contributed by atoms with Gasteiger partial charge in [0.05, 0.1) is 0 Å². The number of hydrogen-bond donors (Lipinski definition) is 0. The van der Waals surface area contributed by atoms with Crippen molar-refractivity contribution in [3.8, 4) is 0 Å². The van der Waals surface area contributed by atoms with E-state index in [9.17, 15) is 0 Å². The molecule has 1 atom stereocenters. The fourth-order valence-corrected chi connectivity index (χ4v) is 3.34. The van der Waals surface area contributed by atoms with Crippen molar-refractivity contribution < 1.29 is 0 Å². The first-order chi connectivity index (χ1) is 12.3. The Morgan fingerprint density at radius 2 is 1.52 bits per heavy atom. The minimum Gasteiger partial charge on any atom is -0.360 e. The van der Waals surface area contributed by atoms with E-state index in [4.69, 9.17) is 4.99 Å². The van der Waals surface area contributed by atoms with Crippen LogP contribution in [-0.2, 0) is 6.42 Å². The van der Waals surface area contributed by atoms with Gasteiger partial charge in [0.2, 0.25) is 0 Å². The molecular formula is C23H26N2. The van der Waals surface area contributed by atoms with E-state index in [-0.39, 0.29) is 5.92 Å². The summed E-state index contributed by atoms with van der Waals surface area (Å²) in [5.74, 6) is 1.43. The van der Waals surface area contributed by atoms with Gasteiger partial charge < -0.3 is 4.90 Å². The molecule has 0 fully saturated rings. The molecule has 0 amide bonds. The van der Waals surface area contributed by atoms with E-state index >= 15 is 0 Å². The Hall–Kier alpha value is -2.61. The molecule has 25 heavy (non-hydrogen) atoms. The lowest BCUT2D eigenvalue weighted by atomic mass is 9.93. The highest BCUT2D eigenvalue weighted by molar-refractivity contribution is 5.91. The Bertz CT molecular complexity index is 753. The maximum absolute atomic E-state index is 4.83. The summed E-state index contributed by atoms with van der Waals surface area (Å²) in [6.45, 7) is 6.34. The van der Waals surface area contributed by atoms with Gasteiger partial charge in [-0.15, -0.1) is 0 Å². The fourth-order valence-electron chi connectivity index (χ4n) is 3.34. The standard InChI is InChI=1S/C23H26N2/c1-3-25(4-2)23-22(17-19-11-7-5-8-12-19)18-21(15-16-24-23)20-13-9-6-10-14-20/h5-16,18,22H,3-4,17H2,1-2H3. The van der Waals surface area contributed by atoms with Crippen LogP contribution >= 0.6 is 0 Å². The zero-order valence-electron chi connectivity index (χ0n) is 15.1. The molecule has 0 saturated carbocycles. The fraction of sp³-hybridized carbons (Fsp3) is 0.261. The Balaban J connectivity index is 1.98. The Morgan fingerprint density at radius 1 is 0.880 bits per heavy atom. The summed E-state index contributed by atoms with van der Waals surface area (Å²) in [6.07, 6.45) is 7.43. The second kappa shape index (κ2) is 8.48. The Kier molecular flexibility index (Phi) is 5.84. The predicted molar refractivity (Wildman–Crippen MR) is 108 cm³/mol. The topological polar surface area (TPSA) is 15.6 Å². The molecule has 0 bridgehead atoms. The first-order valence-corrected chi connectivity index (χ1v) is 9.12. The number of benzene rings is 2. The zero-order valence-corrected chi connectivity index (χ0v) is 15.1. The van der Waals surface area contributed by atoms with E-state index in [1.165, 1.54) is 16.7 Å². The van der Waals surface area contributed by atoms with Gasteiger partial charge in [-0.05, 0) is 43.0 Å². The van der Waals surface area contributed by atoms with Crippen molar-refractivity contribution in [1.29, 1.82) is 0 Å². The number of rotatable bonds is 5. The van der Waals surface area contributed by atoms with Crippen LogP contribution in [0.4, 0.5) is 0 Å². The third-order valence-electron chi connectivity index (χ3n) is 4.67. The van der Waals surface area contributed by atoms with Crippen LogP contribution in [0.1, 0.15) is 25.0 Å². The van der Waals surface area contributed by atoms with Gasteiger partial charge in [0.25, 0.3) is 0 Å². The third-order valence-corrected chi connectivity index (χ3v) is 4.67. The summed E-state index contributed by atoms with van der Waals surface area (Å²) in [7, 11) is 0. The van der Waals surface area contributed by atoms with Crippen molar-refractivity contribution in [2.75, 3.05) is 13.1 Å². The second-order valence-corrected chi connectivity index (χ2v) is 6.26. The number of amidine groups is 1. The summed E-state index contributed by atoms with van der Waals surface area (Å²) in [4.78, 5) is 7.19. The van der Waals surface area contributed by atoms with Crippen LogP contribution in [0.2, 0.25) is 0 Å². The summed E-state index contributed by atoms with van der Waals surface area (Å²) >= 11 is 0. The van der Waals surface area contributed by atoms with E-state index in [0.29, 0.717) is 0 Å². The summed E-state index contributed by atoms with van der Waals surface area (Å²) in [5, 5.41) is 0. The third kappa shape index (κ3) is 4.27. The molecule has 0 spiro atoms. The van der Waals surface area contributed by atoms with Gasteiger partial charge in [-0.2, -0.15) is 0 Å². The van der Waals surface area contributed by atoms with Crippen molar-refractivity contribution in [3.05, 3.63) is 90.1 Å². The SMILES string of the molecule is CCN(CC)C1=NC=CC(c2ccccc2)=CC1Cc1ccccc1. The first kappa shape index (κ1) is 17.2. The molecule has 2 nitrogen and oxygen atoms in total. The second-order valence-electron chi connectivity index (χ2n) is 6.26. The average Bonchev–Trinajstić information content (AvgIpc) is 2.87. The quantitative estimate of drug-likeness (QED) is 0.736. The molecule has 0 radical (unpaired) electrons. The molecule has 2 aromatic carbocycles. The van der Waals surface area contributed by atoms with Gasteiger partial charge in [-0.25, -0.2) is 4.99 Å². The molecule has 1 unspecified atom stereocenters. The van der Waals surface area contributed by atoms with E-state index in [1.54, 1.807) is 0 Å². The normalized spacial score (nSPS) is 16.8. The molecule has 1 heterocycles. The van der Waals surface area contributed by atoms with E-state index < -0.39 is 0 Å². The largest absolute Gasteiger partial charge is 0.360 e. The molecule has 0 aliphatic carbocycles. The molecule has 2 heteroatoms. The van der Waals surface area contributed by atoms with Crippen LogP contribution in [-0.4, -0.2) is 23.8 Å². The highest BCUT2D eigenvalue weighted by Crippen LogP contribution is 2.25. The average molecular weight is 330 g/mol. The van der Waals surface area contributed by atoms with Crippen LogP contribution in [0.15, 0.2) is 84.0 Å². The molecule has 0 N–H and O–H groups in total. The molecule has 2 aromatic rings. The monoisotopic (exact) mass is 330 g/mol. The van der Waals surface area contributed by atoms with E-state index in [0.717, 1.165) is 25.3 Å². The van der Waals surface area contributed by atoms with Crippen LogP contribution in [0, 0.1) is 5.92 Å². The summed E-state index contributed by atoms with van der Waals surface area (Å²) in [6, 6.07) is 21.3. The molecule has 1 aliphatic rings. The molecular weight excluding hydrogens is 304 g/mol. The lowest BCUT2D eigenvalue weighted by molar-refractivity contribution is 0.443. The highest BCUT2D eigenvalue weighted by atomic mass is 15.2. The number of hydrogen-bond acceptors (Lipinski definition) is 2. The van der Waals surface area contributed by atoms with Crippen LogP contribution in [0.25, 0.3) is 5.57 Å². The van der Waals surface area contributed by atoms with E-state index in [2.05, 4.69) is 91.6 Å². The zero-order chi connectivity index (χ0) is 17.5. The van der Waals surface area contributed by atoms with Crippen molar-refractivity contribution >= 4 is 11.4 Å². The number of aliphatic imine (C=N–C) groups is 1. The Morgan fingerprint density at radius 3 is 2.16 bits per heavy atom. The van der Waals surface area contributed by atoms with Gasteiger partial charge in [-0.3, -0.25) is 0 Å². The van der Waals surface area contributed by atoms with Crippen molar-refractivity contribution in [2.45, 2.75) is 20.3 Å². The number of allylic oxidation sites excluding steroid dienone is 2. The highest BCUT2D eigenvalue weighted by Gasteiger charge is 2.21. The van der Waals surface area contributed by atoms with Crippen LogP contribution in [0.3, 0.4) is 0 Å². The van der Waals surface area contributed by atoms with Crippen molar-refractivity contribution in [1.82, 2.24) is 4.90 Å². The minimum atomic E-state index is 0.271. The van der Waals surface area contributed by atoms with Crippen molar-refractivity contribution in [2.24, 2.45) is 10.9 Å². The molecule has 0 saturated heterocycles. The lowest BCUT2D eigenvalue weighted by Gasteiger charge is -2.27. The molecule has 128 valence electrons. The van der Waals surface area contributed by atoms with Gasteiger partial charge in [0, 0.05) is 25.2 Å². The van der Waals surface area contributed by atoms with Gasteiger partial charge >= 0.3 is 0 Å².